The number of halogens is 1. The highest BCUT2D eigenvalue weighted by molar-refractivity contribution is 5.82. The molecule has 0 bridgehead atoms. The Morgan fingerprint density at radius 3 is 2.70 bits per heavy atom. The number of rotatable bonds is 7. The zero-order valence-corrected chi connectivity index (χ0v) is 19.3. The lowest BCUT2D eigenvalue weighted by molar-refractivity contribution is 0.105. The quantitative estimate of drug-likeness (QED) is 0.544. The fraction of sp³-hybridized carbons (Fsp3) is 0.385. The number of carbonyl (C=O) groups excluding carboxylic acids is 1. The molecule has 1 saturated heterocycles. The number of benzene rings is 2. The SMILES string of the molecule is CCOC(=O)N1CCN(c2nc3ccc(C)cc3cc2CNCCc2cccc(F)c2)CC1. The molecule has 2 aromatic carbocycles. The molecule has 0 atom stereocenters. The van der Waals surface area contributed by atoms with E-state index in [-0.39, 0.29) is 11.9 Å². The zero-order valence-electron chi connectivity index (χ0n) is 19.3. The monoisotopic (exact) mass is 450 g/mol. The van der Waals surface area contributed by atoms with Gasteiger partial charge in [0.2, 0.25) is 0 Å². The van der Waals surface area contributed by atoms with E-state index in [0.717, 1.165) is 40.8 Å². The van der Waals surface area contributed by atoms with E-state index in [0.29, 0.717) is 39.3 Å². The number of anilines is 1. The van der Waals surface area contributed by atoms with Crippen LogP contribution in [0, 0.1) is 12.7 Å². The number of ether oxygens (including phenoxy) is 1. The Morgan fingerprint density at radius 2 is 1.94 bits per heavy atom. The molecule has 6 nitrogen and oxygen atoms in total. The van der Waals surface area contributed by atoms with Crippen molar-refractivity contribution in [1.82, 2.24) is 15.2 Å². The van der Waals surface area contributed by atoms with Gasteiger partial charge in [0, 0.05) is 43.7 Å². The van der Waals surface area contributed by atoms with Crippen molar-refractivity contribution in [2.75, 3.05) is 44.2 Å². The normalized spacial score (nSPS) is 14.0. The molecule has 0 saturated carbocycles. The summed E-state index contributed by atoms with van der Waals surface area (Å²) in [4.78, 5) is 21.1. The second kappa shape index (κ2) is 10.6. The van der Waals surface area contributed by atoms with Crippen molar-refractivity contribution in [3.63, 3.8) is 0 Å². The molecule has 0 unspecified atom stereocenters. The van der Waals surface area contributed by atoms with Gasteiger partial charge < -0.3 is 19.9 Å². The van der Waals surface area contributed by atoms with Gasteiger partial charge in [-0.3, -0.25) is 0 Å². The van der Waals surface area contributed by atoms with Crippen molar-refractivity contribution in [1.29, 1.82) is 0 Å². The first-order valence-electron chi connectivity index (χ1n) is 11.6. The molecular formula is C26H31FN4O2. The molecule has 4 rings (SSSR count). The minimum Gasteiger partial charge on any atom is -0.450 e. The van der Waals surface area contributed by atoms with Crippen LogP contribution in [-0.2, 0) is 17.7 Å². The predicted molar refractivity (Wildman–Crippen MR) is 129 cm³/mol. The van der Waals surface area contributed by atoms with Crippen LogP contribution in [0.1, 0.15) is 23.6 Å². The van der Waals surface area contributed by atoms with Crippen molar-refractivity contribution in [2.24, 2.45) is 0 Å². The average Bonchev–Trinajstić information content (AvgIpc) is 2.81. The van der Waals surface area contributed by atoms with E-state index in [4.69, 9.17) is 9.72 Å². The summed E-state index contributed by atoms with van der Waals surface area (Å²) in [7, 11) is 0. The van der Waals surface area contributed by atoms with Crippen molar-refractivity contribution in [3.05, 3.63) is 71.0 Å². The smallest absolute Gasteiger partial charge is 0.409 e. The third-order valence-electron chi connectivity index (χ3n) is 5.93. The maximum atomic E-state index is 13.4. The Labute approximate surface area is 194 Å². The van der Waals surface area contributed by atoms with Crippen LogP contribution in [0.5, 0.6) is 0 Å². The number of pyridine rings is 1. The first-order chi connectivity index (χ1) is 16.0. The second-order valence-electron chi connectivity index (χ2n) is 8.40. The van der Waals surface area contributed by atoms with Gasteiger partial charge in [-0.25, -0.2) is 14.2 Å². The summed E-state index contributed by atoms with van der Waals surface area (Å²) in [5.41, 5.74) is 4.26. The third kappa shape index (κ3) is 5.79. The molecule has 1 aliphatic heterocycles. The molecule has 1 N–H and O–H groups in total. The van der Waals surface area contributed by atoms with E-state index >= 15 is 0 Å². The molecule has 33 heavy (non-hydrogen) atoms. The molecule has 1 amide bonds. The first kappa shape index (κ1) is 23.0. The summed E-state index contributed by atoms with van der Waals surface area (Å²) < 4.78 is 18.6. The maximum Gasteiger partial charge on any atom is 0.409 e. The Morgan fingerprint density at radius 1 is 1.12 bits per heavy atom. The van der Waals surface area contributed by atoms with Gasteiger partial charge in [-0.2, -0.15) is 0 Å². The largest absolute Gasteiger partial charge is 0.450 e. The van der Waals surface area contributed by atoms with Crippen LogP contribution in [0.25, 0.3) is 10.9 Å². The Hall–Kier alpha value is -3.19. The van der Waals surface area contributed by atoms with Crippen LogP contribution >= 0.6 is 0 Å². The summed E-state index contributed by atoms with van der Waals surface area (Å²) in [5, 5.41) is 4.62. The summed E-state index contributed by atoms with van der Waals surface area (Å²) in [5.74, 6) is 0.749. The number of nitrogens with zero attached hydrogens (tertiary/aromatic N) is 3. The van der Waals surface area contributed by atoms with Gasteiger partial charge in [-0.05, 0) is 62.7 Å². The molecule has 0 spiro atoms. The van der Waals surface area contributed by atoms with Crippen LogP contribution < -0.4 is 10.2 Å². The Bertz CT molecular complexity index is 1110. The van der Waals surface area contributed by atoms with E-state index in [2.05, 4.69) is 41.4 Å². The van der Waals surface area contributed by atoms with Gasteiger partial charge in [0.15, 0.2) is 0 Å². The zero-order chi connectivity index (χ0) is 23.2. The van der Waals surface area contributed by atoms with Crippen LogP contribution in [0.2, 0.25) is 0 Å². The Balaban J connectivity index is 1.48. The molecule has 0 aliphatic carbocycles. The standard InChI is InChI=1S/C26H31FN4O2/c1-3-33-26(32)31-13-11-30(12-14-31)25-22(17-21-15-19(2)7-8-24(21)29-25)18-28-10-9-20-5-4-6-23(27)16-20/h4-8,15-17,28H,3,9-14,18H2,1-2H3. The van der Waals surface area contributed by atoms with Gasteiger partial charge in [-0.1, -0.05) is 23.8 Å². The number of hydrogen-bond donors (Lipinski definition) is 1. The number of carbonyl (C=O) groups is 1. The number of piperazine rings is 1. The number of amides is 1. The highest BCUT2D eigenvalue weighted by Crippen LogP contribution is 2.26. The molecular weight excluding hydrogens is 419 g/mol. The lowest BCUT2D eigenvalue weighted by Crippen LogP contribution is -2.49. The number of aryl methyl sites for hydroxylation is 1. The van der Waals surface area contributed by atoms with Crippen LogP contribution in [-0.4, -0.2) is 55.3 Å². The minimum absolute atomic E-state index is 0.203. The van der Waals surface area contributed by atoms with E-state index in [1.165, 1.54) is 11.6 Å². The molecule has 1 aromatic heterocycles. The van der Waals surface area contributed by atoms with Crippen LogP contribution in [0.15, 0.2) is 48.5 Å². The van der Waals surface area contributed by atoms with E-state index < -0.39 is 0 Å². The summed E-state index contributed by atoms with van der Waals surface area (Å²) in [6, 6.07) is 15.2. The highest BCUT2D eigenvalue weighted by Gasteiger charge is 2.24. The van der Waals surface area contributed by atoms with Gasteiger partial charge in [0.05, 0.1) is 12.1 Å². The van der Waals surface area contributed by atoms with E-state index in [1.807, 2.05) is 13.0 Å². The fourth-order valence-electron chi connectivity index (χ4n) is 4.20. The predicted octanol–water partition coefficient (Wildman–Crippen LogP) is 4.29. The highest BCUT2D eigenvalue weighted by atomic mass is 19.1. The summed E-state index contributed by atoms with van der Waals surface area (Å²) in [6.45, 7) is 8.33. The van der Waals surface area contributed by atoms with Crippen molar-refractivity contribution in [2.45, 2.75) is 26.8 Å². The van der Waals surface area contributed by atoms with E-state index in [9.17, 15) is 9.18 Å². The fourth-order valence-corrected chi connectivity index (χ4v) is 4.20. The molecule has 174 valence electrons. The first-order valence-corrected chi connectivity index (χ1v) is 11.6. The lowest BCUT2D eigenvalue weighted by atomic mass is 10.1. The molecule has 7 heteroatoms. The van der Waals surface area contributed by atoms with Gasteiger partial charge in [0.1, 0.15) is 11.6 Å². The van der Waals surface area contributed by atoms with E-state index in [1.54, 1.807) is 17.0 Å². The number of aromatic nitrogens is 1. The van der Waals surface area contributed by atoms with Crippen molar-refractivity contribution < 1.29 is 13.9 Å². The molecule has 1 fully saturated rings. The number of fused-ring (bicyclic) bond motifs is 1. The van der Waals surface area contributed by atoms with Gasteiger partial charge in [0.25, 0.3) is 0 Å². The van der Waals surface area contributed by atoms with Gasteiger partial charge in [-0.15, -0.1) is 0 Å². The van der Waals surface area contributed by atoms with Crippen LogP contribution in [0.4, 0.5) is 15.0 Å². The van der Waals surface area contributed by atoms with Crippen molar-refractivity contribution in [3.8, 4) is 0 Å². The molecule has 1 aliphatic rings. The second-order valence-corrected chi connectivity index (χ2v) is 8.40. The lowest BCUT2D eigenvalue weighted by Gasteiger charge is -2.35. The minimum atomic E-state index is -0.252. The maximum absolute atomic E-state index is 13.4. The molecule has 2 heterocycles. The van der Waals surface area contributed by atoms with Gasteiger partial charge >= 0.3 is 6.09 Å². The Kier molecular flexibility index (Phi) is 7.40. The summed E-state index contributed by atoms with van der Waals surface area (Å²) >= 11 is 0. The number of nitrogens with one attached hydrogen (secondary N) is 1. The molecule has 0 radical (unpaired) electrons. The summed E-state index contributed by atoms with van der Waals surface area (Å²) in [6.07, 6.45) is 0.504. The third-order valence-corrected chi connectivity index (χ3v) is 5.93. The average molecular weight is 451 g/mol. The molecule has 3 aromatic rings. The number of hydrogen-bond acceptors (Lipinski definition) is 5. The van der Waals surface area contributed by atoms with Crippen LogP contribution in [0.3, 0.4) is 0 Å². The van der Waals surface area contributed by atoms with Crippen molar-refractivity contribution >= 4 is 22.8 Å². The topological polar surface area (TPSA) is 57.7 Å².